The van der Waals surface area contributed by atoms with Crippen LogP contribution in [0.25, 0.3) is 11.0 Å². The molecule has 1 aliphatic heterocycles. The van der Waals surface area contributed by atoms with Gasteiger partial charge in [-0.1, -0.05) is 11.2 Å². The van der Waals surface area contributed by atoms with Crippen LogP contribution in [0.3, 0.4) is 0 Å². The fourth-order valence-corrected chi connectivity index (χ4v) is 5.16. The molecular formula is C17H18FN3O13P2. The number of nitrogens with zero attached hydrogens (tertiary/aromatic N) is 3. The molecule has 0 radical (unpaired) electrons. The molecule has 3 heterocycles. The van der Waals surface area contributed by atoms with Gasteiger partial charge in [0, 0.05) is 12.3 Å². The van der Waals surface area contributed by atoms with E-state index in [-0.39, 0.29) is 16.7 Å². The van der Waals surface area contributed by atoms with E-state index >= 15 is 0 Å². The lowest BCUT2D eigenvalue weighted by Gasteiger charge is -2.19. The average molecular weight is 553 g/mol. The monoisotopic (exact) mass is 553 g/mol. The normalized spacial score (nSPS) is 24.3. The summed E-state index contributed by atoms with van der Waals surface area (Å²) >= 11 is 0. The van der Waals surface area contributed by atoms with Gasteiger partial charge in [-0.25, -0.2) is 18.3 Å². The maximum Gasteiger partial charge on any atom is 0.481 e. The van der Waals surface area contributed by atoms with Crippen molar-refractivity contribution in [3.8, 4) is 0 Å². The van der Waals surface area contributed by atoms with Crippen LogP contribution < -0.4 is 11.2 Å². The molecule has 19 heteroatoms. The Bertz CT molecular complexity index is 1500. The van der Waals surface area contributed by atoms with Gasteiger partial charge >= 0.3 is 21.3 Å². The molecule has 1 saturated heterocycles. The summed E-state index contributed by atoms with van der Waals surface area (Å²) in [6.45, 7) is -1.50. The number of aliphatic hydroxyl groups excluding tert-OH is 2. The average Bonchev–Trinajstić information content (AvgIpc) is 3.30. The molecule has 196 valence electrons. The first-order valence-corrected chi connectivity index (χ1v) is 12.9. The highest BCUT2D eigenvalue weighted by atomic mass is 31.3. The van der Waals surface area contributed by atoms with Gasteiger partial charge in [-0.05, 0) is 12.1 Å². The van der Waals surface area contributed by atoms with Crippen LogP contribution in [-0.4, -0.2) is 64.1 Å². The highest BCUT2D eigenvalue weighted by Crippen LogP contribution is 2.57. The number of phosphoric acid groups is 2. The number of hydrogen-bond acceptors (Lipinski definition) is 11. The highest BCUT2D eigenvalue weighted by Gasteiger charge is 2.46. The fourth-order valence-electron chi connectivity index (χ4n) is 3.56. The second-order valence-electron chi connectivity index (χ2n) is 7.56. The Morgan fingerprint density at radius 3 is 2.53 bits per heavy atom. The molecule has 0 saturated carbocycles. The van der Waals surface area contributed by atoms with Crippen molar-refractivity contribution in [3.05, 3.63) is 62.8 Å². The van der Waals surface area contributed by atoms with Gasteiger partial charge in [-0.2, -0.15) is 4.31 Å². The number of aromatic nitrogens is 3. The second kappa shape index (κ2) is 9.72. The number of benzene rings is 1. The van der Waals surface area contributed by atoms with Gasteiger partial charge in [0.2, 0.25) is 0 Å². The minimum Gasteiger partial charge on any atom is -0.387 e. The smallest absolute Gasteiger partial charge is 0.387 e. The van der Waals surface area contributed by atoms with Crippen molar-refractivity contribution >= 4 is 26.6 Å². The predicted molar refractivity (Wildman–Crippen MR) is 113 cm³/mol. The van der Waals surface area contributed by atoms with Crippen LogP contribution in [0.4, 0.5) is 4.39 Å². The van der Waals surface area contributed by atoms with Crippen molar-refractivity contribution in [2.45, 2.75) is 31.1 Å². The van der Waals surface area contributed by atoms with E-state index in [4.69, 9.17) is 19.0 Å². The molecule has 2 unspecified atom stereocenters. The zero-order valence-corrected chi connectivity index (χ0v) is 19.5. The van der Waals surface area contributed by atoms with Crippen molar-refractivity contribution in [3.63, 3.8) is 0 Å². The number of rotatable bonds is 8. The lowest BCUT2D eigenvalue weighted by molar-refractivity contribution is -0.0547. The lowest BCUT2D eigenvalue weighted by Crippen LogP contribution is -2.43. The molecule has 36 heavy (non-hydrogen) atoms. The first-order chi connectivity index (χ1) is 16.8. The summed E-state index contributed by atoms with van der Waals surface area (Å²) in [5.41, 5.74) is -1.85. The van der Waals surface area contributed by atoms with Crippen molar-refractivity contribution in [2.75, 3.05) is 6.61 Å². The van der Waals surface area contributed by atoms with E-state index in [1.807, 2.05) is 0 Å². The van der Waals surface area contributed by atoms with E-state index in [0.29, 0.717) is 4.57 Å². The van der Waals surface area contributed by atoms with Crippen LogP contribution in [0.1, 0.15) is 11.9 Å². The fraction of sp³-hybridized carbons (Fsp3) is 0.353. The Balaban J connectivity index is 1.58. The van der Waals surface area contributed by atoms with Crippen molar-refractivity contribution in [1.82, 2.24) is 14.3 Å². The van der Waals surface area contributed by atoms with Crippen molar-refractivity contribution < 1.29 is 56.5 Å². The van der Waals surface area contributed by atoms with Gasteiger partial charge < -0.3 is 34.2 Å². The topological polar surface area (TPSA) is 233 Å². The zero-order chi connectivity index (χ0) is 26.4. The molecule has 1 aromatic carbocycles. The third-order valence-corrected chi connectivity index (χ3v) is 7.30. The third-order valence-electron chi connectivity index (χ3n) is 5.14. The Hall–Kier alpha value is -2.56. The Kier molecular flexibility index (Phi) is 7.15. The summed E-state index contributed by atoms with van der Waals surface area (Å²) in [4.78, 5) is 52.0. The first kappa shape index (κ1) is 26.5. The van der Waals surface area contributed by atoms with E-state index in [1.54, 1.807) is 0 Å². The summed E-state index contributed by atoms with van der Waals surface area (Å²) in [7, 11) is -10.7. The SMILES string of the molecule is O=c1ccn([C@@H]2O[C@H](COP(=O)(O)OP(=O)(O)O)C(O)[C@@H]2O)c(=O)n1Cc1noc2cccc(F)c12. The summed E-state index contributed by atoms with van der Waals surface area (Å²) in [5.74, 6) is -0.697. The summed E-state index contributed by atoms with van der Waals surface area (Å²) in [6.07, 6.45) is -5.84. The van der Waals surface area contributed by atoms with Gasteiger partial charge in [0.25, 0.3) is 5.56 Å². The van der Waals surface area contributed by atoms with E-state index in [9.17, 15) is 38.2 Å². The minimum atomic E-state index is -5.40. The number of phosphoric ester groups is 1. The Labute approximate surface area is 198 Å². The van der Waals surface area contributed by atoms with Crippen LogP contribution in [0.5, 0.6) is 0 Å². The largest absolute Gasteiger partial charge is 0.481 e. The third kappa shape index (κ3) is 5.40. The number of halogens is 1. The highest BCUT2D eigenvalue weighted by molar-refractivity contribution is 7.60. The molecule has 1 fully saturated rings. The maximum atomic E-state index is 14.2. The molecule has 0 aliphatic carbocycles. The number of aliphatic hydroxyl groups is 2. The Morgan fingerprint density at radius 1 is 1.11 bits per heavy atom. The molecule has 0 bridgehead atoms. The Morgan fingerprint density at radius 2 is 1.83 bits per heavy atom. The van der Waals surface area contributed by atoms with Gasteiger partial charge in [-0.15, -0.1) is 0 Å². The standard InChI is InChI=1S/C17H18FN3O13P2/c18-8-2-1-3-10-13(8)9(19-33-10)6-21-12(22)4-5-20(17(21)25)16-15(24)14(23)11(32-16)7-31-36(29,30)34-35(26,27)28/h1-5,11,14-16,23-24H,6-7H2,(H,29,30)(H2,26,27,28)/t11-,14?,15+,16-/m1/s1. The van der Waals surface area contributed by atoms with Crippen molar-refractivity contribution in [2.24, 2.45) is 0 Å². The van der Waals surface area contributed by atoms with E-state index in [0.717, 1.165) is 22.9 Å². The van der Waals surface area contributed by atoms with Crippen molar-refractivity contribution in [1.29, 1.82) is 0 Å². The second-order valence-corrected chi connectivity index (χ2v) is 10.4. The molecule has 0 amide bonds. The first-order valence-electron chi connectivity index (χ1n) is 9.88. The molecule has 3 aromatic rings. The molecule has 0 spiro atoms. The zero-order valence-electron chi connectivity index (χ0n) is 17.7. The van der Waals surface area contributed by atoms with Gasteiger partial charge in [0.15, 0.2) is 11.8 Å². The predicted octanol–water partition coefficient (Wildman–Crippen LogP) is -0.816. The number of fused-ring (bicyclic) bond motifs is 1. The summed E-state index contributed by atoms with van der Waals surface area (Å²) < 4.78 is 56.3. The maximum absolute atomic E-state index is 14.2. The molecule has 2 aromatic heterocycles. The van der Waals surface area contributed by atoms with Gasteiger partial charge in [0.05, 0.1) is 18.5 Å². The quantitative estimate of drug-likeness (QED) is 0.215. The van der Waals surface area contributed by atoms with Gasteiger partial charge in [0.1, 0.15) is 29.8 Å². The van der Waals surface area contributed by atoms with E-state index < -0.39 is 70.4 Å². The van der Waals surface area contributed by atoms with Crippen LogP contribution in [0, 0.1) is 5.82 Å². The van der Waals surface area contributed by atoms with Gasteiger partial charge in [-0.3, -0.25) is 18.5 Å². The molecule has 16 nitrogen and oxygen atoms in total. The number of hydrogen-bond donors (Lipinski definition) is 5. The van der Waals surface area contributed by atoms with Crippen LogP contribution in [0.2, 0.25) is 0 Å². The molecule has 5 atom stereocenters. The molecular weight excluding hydrogens is 535 g/mol. The lowest BCUT2D eigenvalue weighted by atomic mass is 10.1. The van der Waals surface area contributed by atoms with E-state index in [1.165, 1.54) is 12.1 Å². The summed E-state index contributed by atoms with van der Waals surface area (Å²) in [5, 5.41) is 24.2. The van der Waals surface area contributed by atoms with Crippen LogP contribution in [0.15, 0.2) is 44.6 Å². The number of ether oxygens (including phenoxy) is 1. The molecule has 4 rings (SSSR count). The van der Waals surface area contributed by atoms with E-state index in [2.05, 4.69) is 14.0 Å². The molecule has 1 aliphatic rings. The van der Waals surface area contributed by atoms with Crippen LogP contribution >= 0.6 is 15.6 Å². The minimum absolute atomic E-state index is 0.0463. The summed E-state index contributed by atoms with van der Waals surface area (Å²) in [6, 6.07) is 4.88. The van der Waals surface area contributed by atoms with Crippen LogP contribution in [-0.2, 0) is 29.2 Å². The molecule has 5 N–H and O–H groups in total.